The molecule has 0 saturated heterocycles. The molecule has 19 heavy (non-hydrogen) atoms. The van der Waals surface area contributed by atoms with Gasteiger partial charge in [-0.15, -0.1) is 0 Å². The number of rotatable bonds is 7. The molecule has 1 aromatic rings. The first-order valence-electron chi connectivity index (χ1n) is 7.18. The third kappa shape index (κ3) is 4.22. The average molecular weight is 263 g/mol. The Balaban J connectivity index is 1.74. The van der Waals surface area contributed by atoms with Gasteiger partial charge in [-0.1, -0.05) is 18.2 Å². The SMILES string of the molecule is Cc1cccc(C)c1OCC(O)CNC(C)C1CC1. The zero-order valence-electron chi connectivity index (χ0n) is 12.1. The number of hydrogen-bond donors (Lipinski definition) is 2. The first kappa shape index (κ1) is 14.4. The van der Waals surface area contributed by atoms with E-state index in [2.05, 4.69) is 12.2 Å². The second kappa shape index (κ2) is 6.40. The van der Waals surface area contributed by atoms with Crippen molar-refractivity contribution < 1.29 is 9.84 Å². The molecule has 106 valence electrons. The third-order valence-corrected chi connectivity index (χ3v) is 3.83. The summed E-state index contributed by atoms with van der Waals surface area (Å²) in [5.74, 6) is 1.71. The number of aryl methyl sites for hydroxylation is 2. The van der Waals surface area contributed by atoms with Crippen molar-refractivity contribution in [3.05, 3.63) is 29.3 Å². The molecular formula is C16H25NO2. The molecule has 1 saturated carbocycles. The molecule has 0 heterocycles. The molecule has 0 aromatic heterocycles. The number of aliphatic hydroxyl groups excluding tert-OH is 1. The summed E-state index contributed by atoms with van der Waals surface area (Å²) in [6.45, 7) is 7.19. The highest BCUT2D eigenvalue weighted by atomic mass is 16.5. The molecular weight excluding hydrogens is 238 g/mol. The van der Waals surface area contributed by atoms with Crippen LogP contribution >= 0.6 is 0 Å². The van der Waals surface area contributed by atoms with Crippen LogP contribution in [0.5, 0.6) is 5.75 Å². The van der Waals surface area contributed by atoms with Crippen molar-refractivity contribution >= 4 is 0 Å². The molecule has 1 aliphatic carbocycles. The summed E-state index contributed by atoms with van der Waals surface area (Å²) >= 11 is 0. The van der Waals surface area contributed by atoms with Gasteiger partial charge in [0, 0.05) is 12.6 Å². The zero-order chi connectivity index (χ0) is 13.8. The predicted molar refractivity (Wildman–Crippen MR) is 77.6 cm³/mol. The van der Waals surface area contributed by atoms with Crippen molar-refractivity contribution in [2.45, 2.75) is 45.8 Å². The number of nitrogens with one attached hydrogen (secondary N) is 1. The number of benzene rings is 1. The molecule has 0 radical (unpaired) electrons. The Bertz CT molecular complexity index is 395. The minimum absolute atomic E-state index is 0.343. The average Bonchev–Trinajstić information content (AvgIpc) is 3.19. The Kier molecular flexibility index (Phi) is 4.83. The van der Waals surface area contributed by atoms with Gasteiger partial charge in [0.2, 0.25) is 0 Å². The monoisotopic (exact) mass is 263 g/mol. The largest absolute Gasteiger partial charge is 0.490 e. The Labute approximate surface area is 116 Å². The standard InChI is InChI=1S/C16H25NO2/c1-11-5-4-6-12(2)16(11)19-10-15(18)9-17-13(3)14-7-8-14/h4-6,13-15,17-18H,7-10H2,1-3H3. The van der Waals surface area contributed by atoms with Crippen LogP contribution in [-0.2, 0) is 0 Å². The maximum Gasteiger partial charge on any atom is 0.125 e. The highest BCUT2D eigenvalue weighted by molar-refractivity contribution is 5.39. The van der Waals surface area contributed by atoms with Gasteiger partial charge in [0.25, 0.3) is 0 Å². The first-order chi connectivity index (χ1) is 9.08. The molecule has 0 aliphatic heterocycles. The summed E-state index contributed by atoms with van der Waals surface area (Å²) in [4.78, 5) is 0. The molecule has 3 nitrogen and oxygen atoms in total. The van der Waals surface area contributed by atoms with E-state index in [1.165, 1.54) is 12.8 Å². The van der Waals surface area contributed by atoms with Crippen molar-refractivity contribution in [1.82, 2.24) is 5.32 Å². The van der Waals surface area contributed by atoms with Crippen LogP contribution in [0.25, 0.3) is 0 Å². The van der Waals surface area contributed by atoms with Crippen LogP contribution in [-0.4, -0.2) is 30.4 Å². The van der Waals surface area contributed by atoms with Crippen molar-refractivity contribution in [3.63, 3.8) is 0 Å². The van der Waals surface area contributed by atoms with Gasteiger partial charge in [-0.05, 0) is 50.7 Å². The van der Waals surface area contributed by atoms with Gasteiger partial charge in [-0.3, -0.25) is 0 Å². The molecule has 2 rings (SSSR count). The van der Waals surface area contributed by atoms with Gasteiger partial charge in [0.15, 0.2) is 0 Å². The summed E-state index contributed by atoms with van der Waals surface area (Å²) < 4.78 is 5.75. The van der Waals surface area contributed by atoms with E-state index >= 15 is 0 Å². The maximum absolute atomic E-state index is 9.96. The minimum Gasteiger partial charge on any atom is -0.490 e. The van der Waals surface area contributed by atoms with Gasteiger partial charge < -0.3 is 15.2 Å². The van der Waals surface area contributed by atoms with E-state index in [0.717, 1.165) is 22.8 Å². The van der Waals surface area contributed by atoms with Crippen molar-refractivity contribution in [2.75, 3.05) is 13.2 Å². The molecule has 2 N–H and O–H groups in total. The molecule has 0 amide bonds. The lowest BCUT2D eigenvalue weighted by molar-refractivity contribution is 0.102. The van der Waals surface area contributed by atoms with E-state index in [1.54, 1.807) is 0 Å². The van der Waals surface area contributed by atoms with Crippen LogP contribution in [0.4, 0.5) is 0 Å². The second-order valence-corrected chi connectivity index (χ2v) is 5.72. The van der Waals surface area contributed by atoms with Crippen LogP contribution < -0.4 is 10.1 Å². The molecule has 3 heteroatoms. The minimum atomic E-state index is -0.458. The predicted octanol–water partition coefficient (Wildman–Crippen LogP) is 2.43. The van der Waals surface area contributed by atoms with E-state index in [9.17, 15) is 5.11 Å². The van der Waals surface area contributed by atoms with Crippen LogP contribution in [0.1, 0.15) is 30.9 Å². The Morgan fingerprint density at radius 1 is 1.32 bits per heavy atom. The topological polar surface area (TPSA) is 41.5 Å². The fraction of sp³-hybridized carbons (Fsp3) is 0.625. The zero-order valence-corrected chi connectivity index (χ0v) is 12.1. The molecule has 2 atom stereocenters. The molecule has 2 unspecified atom stereocenters. The second-order valence-electron chi connectivity index (χ2n) is 5.72. The lowest BCUT2D eigenvalue weighted by Gasteiger charge is -2.18. The van der Waals surface area contributed by atoms with Crippen molar-refractivity contribution in [1.29, 1.82) is 0 Å². The molecule has 1 aromatic carbocycles. The van der Waals surface area contributed by atoms with E-state index in [-0.39, 0.29) is 0 Å². The summed E-state index contributed by atoms with van der Waals surface area (Å²) in [6.07, 6.45) is 2.19. The number of aliphatic hydroxyl groups is 1. The number of ether oxygens (including phenoxy) is 1. The van der Waals surface area contributed by atoms with Crippen molar-refractivity contribution in [3.8, 4) is 5.75 Å². The Morgan fingerprint density at radius 2 is 1.95 bits per heavy atom. The summed E-state index contributed by atoms with van der Waals surface area (Å²) in [5.41, 5.74) is 2.23. The fourth-order valence-corrected chi connectivity index (χ4v) is 2.35. The Hall–Kier alpha value is -1.06. The lowest BCUT2D eigenvalue weighted by atomic mass is 10.1. The normalized spacial score (nSPS) is 18.1. The van der Waals surface area contributed by atoms with E-state index < -0.39 is 6.10 Å². The smallest absolute Gasteiger partial charge is 0.125 e. The number of hydrogen-bond acceptors (Lipinski definition) is 3. The molecule has 1 fully saturated rings. The van der Waals surface area contributed by atoms with Gasteiger partial charge in [0.1, 0.15) is 18.5 Å². The van der Waals surface area contributed by atoms with E-state index in [4.69, 9.17) is 4.74 Å². The van der Waals surface area contributed by atoms with E-state index in [1.807, 2.05) is 32.0 Å². The molecule has 0 spiro atoms. The third-order valence-electron chi connectivity index (χ3n) is 3.83. The van der Waals surface area contributed by atoms with Gasteiger partial charge in [-0.25, -0.2) is 0 Å². The van der Waals surface area contributed by atoms with Crippen LogP contribution in [0, 0.1) is 19.8 Å². The molecule has 0 bridgehead atoms. The summed E-state index contributed by atoms with van der Waals surface area (Å²) in [5, 5.41) is 13.3. The quantitative estimate of drug-likeness (QED) is 0.794. The van der Waals surface area contributed by atoms with Crippen LogP contribution in [0.3, 0.4) is 0 Å². The highest BCUT2D eigenvalue weighted by Gasteiger charge is 2.27. The summed E-state index contributed by atoms with van der Waals surface area (Å²) in [6, 6.07) is 6.59. The first-order valence-corrected chi connectivity index (χ1v) is 7.18. The lowest BCUT2D eigenvalue weighted by Crippen LogP contribution is -2.37. The number of para-hydroxylation sites is 1. The van der Waals surface area contributed by atoms with Gasteiger partial charge in [-0.2, -0.15) is 0 Å². The fourth-order valence-electron chi connectivity index (χ4n) is 2.35. The van der Waals surface area contributed by atoms with Gasteiger partial charge in [0.05, 0.1) is 0 Å². The maximum atomic E-state index is 9.96. The van der Waals surface area contributed by atoms with Crippen molar-refractivity contribution in [2.24, 2.45) is 5.92 Å². The summed E-state index contributed by atoms with van der Waals surface area (Å²) in [7, 11) is 0. The Morgan fingerprint density at radius 3 is 2.53 bits per heavy atom. The van der Waals surface area contributed by atoms with Crippen LogP contribution in [0.2, 0.25) is 0 Å². The molecule has 1 aliphatic rings. The van der Waals surface area contributed by atoms with E-state index in [0.29, 0.717) is 19.2 Å². The van der Waals surface area contributed by atoms with Crippen LogP contribution in [0.15, 0.2) is 18.2 Å². The van der Waals surface area contributed by atoms with Gasteiger partial charge >= 0.3 is 0 Å². The highest BCUT2D eigenvalue weighted by Crippen LogP contribution is 2.32.